The number of nitrogens with one attached hydrogen (secondary N) is 1. The highest BCUT2D eigenvalue weighted by Crippen LogP contribution is 2.36. The lowest BCUT2D eigenvalue weighted by atomic mass is 9.78. The molecule has 0 atom stereocenters. The van der Waals surface area contributed by atoms with Gasteiger partial charge in [0.15, 0.2) is 0 Å². The topological polar surface area (TPSA) is 47.6 Å². The Hall–Kier alpha value is -2.18. The predicted molar refractivity (Wildman–Crippen MR) is 118 cm³/mol. The number of rotatable bonds is 4. The number of hydrogen-bond acceptors (Lipinski definition) is 3. The summed E-state index contributed by atoms with van der Waals surface area (Å²) in [5.41, 5.74) is 1.80. The molecule has 2 aromatic rings. The van der Waals surface area contributed by atoms with Crippen LogP contribution in [0.15, 0.2) is 42.5 Å². The van der Waals surface area contributed by atoms with Crippen molar-refractivity contribution in [2.75, 3.05) is 0 Å². The first-order valence-electron chi connectivity index (χ1n) is 10.3. The molecule has 160 valence electrons. The van der Waals surface area contributed by atoms with E-state index in [0.29, 0.717) is 16.6 Å². The molecule has 30 heavy (non-hydrogen) atoms. The molecule has 0 spiro atoms. The fourth-order valence-corrected chi connectivity index (χ4v) is 3.23. The van der Waals surface area contributed by atoms with Gasteiger partial charge in [-0.1, -0.05) is 45.0 Å². The molecule has 1 fully saturated rings. The SMILES string of the molecule is CC(C)(C)c1ccc(C(=O)NCc2ccc(B3OC(C)(C)C(C)(C)O3)cc2F)cc1. The van der Waals surface area contributed by atoms with Gasteiger partial charge in [-0.3, -0.25) is 4.79 Å². The summed E-state index contributed by atoms with van der Waals surface area (Å²) in [6.07, 6.45) is 0. The van der Waals surface area contributed by atoms with Crippen LogP contribution in [0, 0.1) is 5.82 Å². The van der Waals surface area contributed by atoms with E-state index in [0.717, 1.165) is 5.56 Å². The zero-order valence-electron chi connectivity index (χ0n) is 18.9. The molecule has 0 saturated carbocycles. The molecular formula is C24H31BFNO3. The standard InChI is InChI=1S/C24H31BFNO3/c1-22(2,3)18-11-8-16(9-12-18)21(28)27-15-17-10-13-19(14-20(17)26)25-29-23(4,5)24(6,7)30-25/h8-14H,15H2,1-7H3,(H,27,28). The van der Waals surface area contributed by atoms with Gasteiger partial charge >= 0.3 is 7.12 Å². The lowest BCUT2D eigenvalue weighted by Gasteiger charge is -2.32. The molecule has 0 radical (unpaired) electrons. The zero-order chi connectivity index (χ0) is 22.3. The van der Waals surface area contributed by atoms with Crippen LogP contribution in [0.2, 0.25) is 0 Å². The smallest absolute Gasteiger partial charge is 0.399 e. The number of benzene rings is 2. The van der Waals surface area contributed by atoms with E-state index in [4.69, 9.17) is 9.31 Å². The van der Waals surface area contributed by atoms with Crippen LogP contribution >= 0.6 is 0 Å². The van der Waals surface area contributed by atoms with Crippen molar-refractivity contribution in [1.29, 1.82) is 0 Å². The van der Waals surface area contributed by atoms with E-state index in [1.54, 1.807) is 24.3 Å². The van der Waals surface area contributed by atoms with E-state index in [1.165, 1.54) is 6.07 Å². The lowest BCUT2D eigenvalue weighted by Crippen LogP contribution is -2.41. The number of hydrogen-bond donors (Lipinski definition) is 1. The highest BCUT2D eigenvalue weighted by Gasteiger charge is 2.51. The number of carbonyl (C=O) groups excluding carboxylic acids is 1. The van der Waals surface area contributed by atoms with Crippen molar-refractivity contribution in [3.8, 4) is 0 Å². The molecule has 3 rings (SSSR count). The summed E-state index contributed by atoms with van der Waals surface area (Å²) in [5, 5.41) is 2.79. The Balaban J connectivity index is 1.65. The van der Waals surface area contributed by atoms with Crippen molar-refractivity contribution in [3.05, 3.63) is 65.0 Å². The number of carbonyl (C=O) groups is 1. The van der Waals surface area contributed by atoms with Crippen LogP contribution in [0.1, 0.15) is 70.0 Å². The third-order valence-electron chi connectivity index (χ3n) is 6.06. The van der Waals surface area contributed by atoms with Crippen LogP contribution in [0.5, 0.6) is 0 Å². The fourth-order valence-electron chi connectivity index (χ4n) is 3.23. The first kappa shape index (κ1) is 22.5. The van der Waals surface area contributed by atoms with Crippen molar-refractivity contribution in [1.82, 2.24) is 5.32 Å². The summed E-state index contributed by atoms with van der Waals surface area (Å²) in [6, 6.07) is 12.4. The van der Waals surface area contributed by atoms with Gasteiger partial charge in [0.25, 0.3) is 5.91 Å². The maximum absolute atomic E-state index is 14.7. The van der Waals surface area contributed by atoms with Gasteiger partial charge in [0.2, 0.25) is 0 Å². The van der Waals surface area contributed by atoms with Gasteiger partial charge in [-0.25, -0.2) is 4.39 Å². The molecule has 4 nitrogen and oxygen atoms in total. The Labute approximate surface area is 179 Å². The average Bonchev–Trinajstić information content (AvgIpc) is 2.87. The van der Waals surface area contributed by atoms with Gasteiger partial charge in [-0.05, 0) is 62.3 Å². The highest BCUT2D eigenvalue weighted by atomic mass is 19.1. The lowest BCUT2D eigenvalue weighted by molar-refractivity contribution is 0.00578. The van der Waals surface area contributed by atoms with E-state index in [1.807, 2.05) is 39.8 Å². The highest BCUT2D eigenvalue weighted by molar-refractivity contribution is 6.62. The van der Waals surface area contributed by atoms with Crippen LogP contribution < -0.4 is 10.8 Å². The summed E-state index contributed by atoms with van der Waals surface area (Å²) >= 11 is 0. The molecule has 1 aliphatic rings. The van der Waals surface area contributed by atoms with Crippen LogP contribution in [0.3, 0.4) is 0 Å². The average molecular weight is 411 g/mol. The Morgan fingerprint density at radius 3 is 2.07 bits per heavy atom. The van der Waals surface area contributed by atoms with Crippen molar-refractivity contribution in [2.45, 2.75) is 71.6 Å². The summed E-state index contributed by atoms with van der Waals surface area (Å²) in [4.78, 5) is 12.4. The summed E-state index contributed by atoms with van der Waals surface area (Å²) < 4.78 is 26.6. The number of halogens is 1. The van der Waals surface area contributed by atoms with E-state index in [2.05, 4.69) is 26.1 Å². The van der Waals surface area contributed by atoms with E-state index in [-0.39, 0.29) is 17.9 Å². The molecular weight excluding hydrogens is 380 g/mol. The normalized spacial score (nSPS) is 17.8. The largest absolute Gasteiger partial charge is 0.494 e. The van der Waals surface area contributed by atoms with Gasteiger partial charge in [-0.15, -0.1) is 0 Å². The molecule has 1 N–H and O–H groups in total. The zero-order valence-corrected chi connectivity index (χ0v) is 18.9. The quantitative estimate of drug-likeness (QED) is 0.761. The van der Waals surface area contributed by atoms with Crippen LogP contribution in [0.25, 0.3) is 0 Å². The fraction of sp³-hybridized carbons (Fsp3) is 0.458. The van der Waals surface area contributed by atoms with Crippen LogP contribution in [-0.4, -0.2) is 24.2 Å². The Morgan fingerprint density at radius 2 is 1.57 bits per heavy atom. The molecule has 1 amide bonds. The summed E-state index contributed by atoms with van der Waals surface area (Å²) in [7, 11) is -0.616. The minimum atomic E-state index is -0.616. The van der Waals surface area contributed by atoms with Gasteiger partial charge in [-0.2, -0.15) is 0 Å². The second-order valence-corrected chi connectivity index (χ2v) is 9.95. The molecule has 2 aromatic carbocycles. The maximum atomic E-state index is 14.7. The third kappa shape index (κ3) is 4.60. The van der Waals surface area contributed by atoms with Crippen LogP contribution in [-0.2, 0) is 21.3 Å². The summed E-state index contributed by atoms with van der Waals surface area (Å²) in [6.45, 7) is 14.3. The number of amides is 1. The second-order valence-electron chi connectivity index (χ2n) is 9.95. The Kier molecular flexibility index (Phi) is 5.87. The van der Waals surface area contributed by atoms with Gasteiger partial charge < -0.3 is 14.6 Å². The first-order chi connectivity index (χ1) is 13.8. The molecule has 0 aliphatic carbocycles. The Bertz CT molecular complexity index is 916. The molecule has 0 aromatic heterocycles. The molecule has 1 heterocycles. The van der Waals surface area contributed by atoms with E-state index < -0.39 is 24.1 Å². The second kappa shape index (κ2) is 7.82. The van der Waals surface area contributed by atoms with Gasteiger partial charge in [0.05, 0.1) is 11.2 Å². The molecule has 0 bridgehead atoms. The van der Waals surface area contributed by atoms with Crippen molar-refractivity contribution in [2.24, 2.45) is 0 Å². The maximum Gasteiger partial charge on any atom is 0.494 e. The van der Waals surface area contributed by atoms with E-state index in [9.17, 15) is 9.18 Å². The molecule has 1 saturated heterocycles. The summed E-state index contributed by atoms with van der Waals surface area (Å²) in [5.74, 6) is -0.629. The van der Waals surface area contributed by atoms with Crippen molar-refractivity contribution < 1.29 is 18.5 Å². The Morgan fingerprint density at radius 1 is 1.00 bits per heavy atom. The van der Waals surface area contributed by atoms with Crippen molar-refractivity contribution in [3.63, 3.8) is 0 Å². The predicted octanol–water partition coefficient (Wildman–Crippen LogP) is 4.35. The molecule has 6 heteroatoms. The monoisotopic (exact) mass is 411 g/mol. The van der Waals surface area contributed by atoms with Crippen molar-refractivity contribution >= 4 is 18.5 Å². The first-order valence-corrected chi connectivity index (χ1v) is 10.3. The van der Waals surface area contributed by atoms with Gasteiger partial charge in [0.1, 0.15) is 5.82 Å². The third-order valence-corrected chi connectivity index (χ3v) is 6.06. The molecule has 0 unspecified atom stereocenters. The molecule has 1 aliphatic heterocycles. The minimum absolute atomic E-state index is 0.0249. The van der Waals surface area contributed by atoms with E-state index >= 15 is 0 Å². The van der Waals surface area contributed by atoms with Gasteiger partial charge in [0, 0.05) is 17.7 Å². The van der Waals surface area contributed by atoms with Crippen LogP contribution in [0.4, 0.5) is 4.39 Å². The minimum Gasteiger partial charge on any atom is -0.399 e.